The molecule has 0 bridgehead atoms. The molecule has 1 aliphatic heterocycles. The van der Waals surface area contributed by atoms with Gasteiger partial charge in [0.25, 0.3) is 0 Å². The number of carbonyl (C=O) groups is 1. The second kappa shape index (κ2) is 10.2. The average molecular weight is 359 g/mol. The van der Waals surface area contributed by atoms with Gasteiger partial charge in [0.05, 0.1) is 5.92 Å². The van der Waals surface area contributed by atoms with Gasteiger partial charge in [-0.15, -0.1) is 12.4 Å². The van der Waals surface area contributed by atoms with E-state index < -0.39 is 0 Å². The van der Waals surface area contributed by atoms with Gasteiger partial charge in [0, 0.05) is 19.0 Å². The topological polar surface area (TPSA) is 41.1 Å². The zero-order chi connectivity index (χ0) is 16.6. The molecule has 134 valence electrons. The largest absolute Gasteiger partial charge is 0.356 e. The average Bonchev–Trinajstić information content (AvgIpc) is 2.67. The number of nitrogens with one attached hydrogen (secondary N) is 2. The molecule has 0 aromatic heterocycles. The van der Waals surface area contributed by atoms with Crippen LogP contribution in [0.2, 0.25) is 0 Å². The van der Waals surface area contributed by atoms with Gasteiger partial charge in [0.15, 0.2) is 0 Å². The highest BCUT2D eigenvalue weighted by Gasteiger charge is 2.21. The third-order valence-electron chi connectivity index (χ3n) is 4.80. The Bertz CT molecular complexity index is 587. The predicted molar refractivity (Wildman–Crippen MR) is 105 cm³/mol. The highest BCUT2D eigenvalue weighted by Crippen LogP contribution is 2.27. The minimum absolute atomic E-state index is 0. The monoisotopic (exact) mass is 358 g/mol. The first kappa shape index (κ1) is 19.5. The van der Waals surface area contributed by atoms with Gasteiger partial charge in [-0.2, -0.15) is 0 Å². The molecule has 1 heterocycles. The van der Waals surface area contributed by atoms with Crippen molar-refractivity contribution in [3.8, 4) is 0 Å². The van der Waals surface area contributed by atoms with Gasteiger partial charge in [-0.05, 0) is 36.9 Å². The van der Waals surface area contributed by atoms with Crippen molar-refractivity contribution < 1.29 is 4.79 Å². The van der Waals surface area contributed by atoms with Gasteiger partial charge in [0.1, 0.15) is 0 Å². The SMILES string of the molecule is Cl.O=C(NCCC(c1ccccc1)c1ccccc1)C1CCCNC1. The van der Waals surface area contributed by atoms with E-state index in [1.54, 1.807) is 0 Å². The number of hydrogen-bond acceptors (Lipinski definition) is 2. The van der Waals surface area contributed by atoms with Crippen LogP contribution in [0.4, 0.5) is 0 Å². The lowest BCUT2D eigenvalue weighted by atomic mass is 9.88. The fourth-order valence-electron chi connectivity index (χ4n) is 3.46. The number of rotatable bonds is 6. The lowest BCUT2D eigenvalue weighted by Gasteiger charge is -2.23. The standard InChI is InChI=1S/C21H26N2O.ClH/c24-21(19-12-7-14-22-16-19)23-15-13-20(17-8-3-1-4-9-17)18-10-5-2-6-11-18;/h1-6,8-11,19-20,22H,7,12-16H2,(H,23,24);1H. The normalized spacial score (nSPS) is 16.9. The molecule has 3 rings (SSSR count). The third kappa shape index (κ3) is 5.58. The van der Waals surface area contributed by atoms with Crippen LogP contribution in [0, 0.1) is 5.92 Å². The van der Waals surface area contributed by atoms with E-state index in [2.05, 4.69) is 59.2 Å². The van der Waals surface area contributed by atoms with Crippen LogP contribution < -0.4 is 10.6 Å². The summed E-state index contributed by atoms with van der Waals surface area (Å²) in [7, 11) is 0. The molecule has 0 aliphatic carbocycles. The Morgan fingerprint density at radius 1 is 1.04 bits per heavy atom. The molecule has 4 heteroatoms. The van der Waals surface area contributed by atoms with Crippen LogP contribution in [0.5, 0.6) is 0 Å². The molecule has 1 unspecified atom stereocenters. The number of benzene rings is 2. The quantitative estimate of drug-likeness (QED) is 0.825. The minimum Gasteiger partial charge on any atom is -0.356 e. The van der Waals surface area contributed by atoms with Crippen molar-refractivity contribution in [2.75, 3.05) is 19.6 Å². The van der Waals surface area contributed by atoms with Gasteiger partial charge in [-0.25, -0.2) is 0 Å². The maximum atomic E-state index is 12.3. The molecule has 0 spiro atoms. The highest BCUT2D eigenvalue weighted by atomic mass is 35.5. The van der Waals surface area contributed by atoms with Crippen molar-refractivity contribution in [2.24, 2.45) is 5.92 Å². The first-order valence-corrected chi connectivity index (χ1v) is 8.93. The Hall–Kier alpha value is -1.84. The summed E-state index contributed by atoms with van der Waals surface area (Å²) >= 11 is 0. The molecule has 2 N–H and O–H groups in total. The van der Waals surface area contributed by atoms with Crippen LogP contribution in [0.25, 0.3) is 0 Å². The highest BCUT2D eigenvalue weighted by molar-refractivity contribution is 5.85. The second-order valence-electron chi connectivity index (χ2n) is 6.50. The van der Waals surface area contributed by atoms with Gasteiger partial charge in [-0.1, -0.05) is 60.7 Å². The molecular formula is C21H27ClN2O. The summed E-state index contributed by atoms with van der Waals surface area (Å²) < 4.78 is 0. The van der Waals surface area contributed by atoms with Crippen molar-refractivity contribution in [3.05, 3.63) is 71.8 Å². The van der Waals surface area contributed by atoms with Crippen molar-refractivity contribution in [1.82, 2.24) is 10.6 Å². The summed E-state index contributed by atoms with van der Waals surface area (Å²) in [6, 6.07) is 21.1. The molecule has 3 nitrogen and oxygen atoms in total. The summed E-state index contributed by atoms with van der Waals surface area (Å²) in [4.78, 5) is 12.3. The fraction of sp³-hybridized carbons (Fsp3) is 0.381. The van der Waals surface area contributed by atoms with Crippen LogP contribution >= 0.6 is 12.4 Å². The predicted octanol–water partition coefficient (Wildman–Crippen LogP) is 3.75. The van der Waals surface area contributed by atoms with Crippen molar-refractivity contribution in [2.45, 2.75) is 25.2 Å². The Balaban J connectivity index is 0.00000225. The van der Waals surface area contributed by atoms with Crippen molar-refractivity contribution in [3.63, 3.8) is 0 Å². The van der Waals surface area contributed by atoms with Crippen LogP contribution in [0.15, 0.2) is 60.7 Å². The first-order chi connectivity index (χ1) is 11.8. The molecule has 1 atom stereocenters. The minimum atomic E-state index is 0. The molecule has 1 fully saturated rings. The number of piperidine rings is 1. The van der Waals surface area contributed by atoms with Gasteiger partial charge < -0.3 is 10.6 Å². The number of hydrogen-bond donors (Lipinski definition) is 2. The van der Waals surface area contributed by atoms with E-state index in [0.29, 0.717) is 12.5 Å². The second-order valence-corrected chi connectivity index (χ2v) is 6.50. The van der Waals surface area contributed by atoms with Gasteiger partial charge >= 0.3 is 0 Å². The van der Waals surface area contributed by atoms with E-state index in [1.165, 1.54) is 11.1 Å². The smallest absolute Gasteiger partial charge is 0.224 e. The van der Waals surface area contributed by atoms with Crippen LogP contribution in [0.1, 0.15) is 36.3 Å². The zero-order valence-corrected chi connectivity index (χ0v) is 15.3. The molecule has 2 aromatic carbocycles. The molecule has 1 aliphatic rings. The maximum Gasteiger partial charge on any atom is 0.224 e. The third-order valence-corrected chi connectivity index (χ3v) is 4.80. The van der Waals surface area contributed by atoms with Crippen LogP contribution in [-0.4, -0.2) is 25.5 Å². The molecule has 0 saturated carbocycles. The molecule has 1 amide bonds. The van der Waals surface area contributed by atoms with Crippen molar-refractivity contribution >= 4 is 18.3 Å². The van der Waals surface area contributed by atoms with E-state index in [4.69, 9.17) is 0 Å². The summed E-state index contributed by atoms with van der Waals surface area (Å²) in [5.74, 6) is 0.643. The Morgan fingerprint density at radius 3 is 2.16 bits per heavy atom. The summed E-state index contributed by atoms with van der Waals surface area (Å²) in [5, 5.41) is 6.45. The molecular weight excluding hydrogens is 332 g/mol. The fourth-order valence-corrected chi connectivity index (χ4v) is 3.46. The lowest BCUT2D eigenvalue weighted by molar-refractivity contribution is -0.125. The molecule has 25 heavy (non-hydrogen) atoms. The van der Waals surface area contributed by atoms with Gasteiger partial charge in [-0.3, -0.25) is 4.79 Å². The zero-order valence-electron chi connectivity index (χ0n) is 14.5. The van der Waals surface area contributed by atoms with E-state index in [0.717, 1.165) is 32.4 Å². The summed E-state index contributed by atoms with van der Waals surface area (Å²) in [5.41, 5.74) is 2.61. The first-order valence-electron chi connectivity index (χ1n) is 8.93. The summed E-state index contributed by atoms with van der Waals surface area (Å²) in [6.07, 6.45) is 3.01. The number of carbonyl (C=O) groups excluding carboxylic acids is 1. The number of halogens is 1. The van der Waals surface area contributed by atoms with Crippen LogP contribution in [0.3, 0.4) is 0 Å². The molecule has 2 aromatic rings. The van der Waals surface area contributed by atoms with Crippen molar-refractivity contribution in [1.29, 1.82) is 0 Å². The molecule has 1 saturated heterocycles. The lowest BCUT2D eigenvalue weighted by Crippen LogP contribution is -2.41. The van der Waals surface area contributed by atoms with E-state index in [9.17, 15) is 4.79 Å². The van der Waals surface area contributed by atoms with E-state index in [1.807, 2.05) is 12.1 Å². The Morgan fingerprint density at radius 2 is 1.64 bits per heavy atom. The molecule has 0 radical (unpaired) electrons. The number of amides is 1. The van der Waals surface area contributed by atoms with E-state index in [-0.39, 0.29) is 24.2 Å². The maximum absolute atomic E-state index is 12.3. The van der Waals surface area contributed by atoms with Crippen LogP contribution in [-0.2, 0) is 4.79 Å². The van der Waals surface area contributed by atoms with Gasteiger partial charge in [0.2, 0.25) is 5.91 Å². The van der Waals surface area contributed by atoms with E-state index >= 15 is 0 Å². The summed E-state index contributed by atoms with van der Waals surface area (Å²) in [6.45, 7) is 2.56. The Kier molecular flexibility index (Phi) is 7.96. The Labute approximate surface area is 156 Å².